The van der Waals surface area contributed by atoms with Gasteiger partial charge in [0.05, 0.1) is 14.2 Å². The van der Waals surface area contributed by atoms with Gasteiger partial charge in [0, 0.05) is 11.1 Å². The molecule has 2 aromatic rings. The minimum atomic E-state index is -0.659. The van der Waals surface area contributed by atoms with Gasteiger partial charge in [-0.3, -0.25) is 0 Å². The molecule has 2 rings (SSSR count). The summed E-state index contributed by atoms with van der Waals surface area (Å²) in [4.78, 5) is 0. The molecule has 112 valence electrons. The van der Waals surface area contributed by atoms with Gasteiger partial charge in [-0.15, -0.1) is 0 Å². The third-order valence-corrected chi connectivity index (χ3v) is 3.51. The third-order valence-electron chi connectivity index (χ3n) is 3.51. The molecule has 21 heavy (non-hydrogen) atoms. The largest absolute Gasteiger partial charge is 0.496 e. The molecule has 0 amide bonds. The Kier molecular flexibility index (Phi) is 4.48. The lowest BCUT2D eigenvalue weighted by Crippen LogP contribution is -2.35. The Bertz CT molecular complexity index is 626. The van der Waals surface area contributed by atoms with Crippen LogP contribution in [0.5, 0.6) is 11.5 Å². The third kappa shape index (κ3) is 3.34. The highest BCUT2D eigenvalue weighted by Crippen LogP contribution is 2.31. The monoisotopic (exact) mass is 289 g/mol. The molecular formula is C17H20FNO2. The molecule has 0 spiro atoms. The van der Waals surface area contributed by atoms with Crippen LogP contribution in [0.25, 0.3) is 0 Å². The molecule has 0 bridgehead atoms. The van der Waals surface area contributed by atoms with Crippen molar-refractivity contribution in [3.05, 3.63) is 59.4 Å². The normalized spacial score (nSPS) is 13.6. The zero-order valence-corrected chi connectivity index (χ0v) is 12.5. The molecule has 0 heterocycles. The standard InChI is InChI=1S/C17H20FNO2/c1-17(19,13-6-4-5-7-15(13)20-2)11-12-8-9-16(21-3)14(18)10-12/h4-10H,11,19H2,1-3H3. The molecule has 2 N–H and O–H groups in total. The average molecular weight is 289 g/mol. The number of nitrogens with two attached hydrogens (primary N) is 1. The predicted molar refractivity (Wildman–Crippen MR) is 81.2 cm³/mol. The number of halogens is 1. The van der Waals surface area contributed by atoms with Crippen LogP contribution in [-0.2, 0) is 12.0 Å². The van der Waals surface area contributed by atoms with Crippen LogP contribution in [0.3, 0.4) is 0 Å². The van der Waals surface area contributed by atoms with E-state index >= 15 is 0 Å². The molecular weight excluding hydrogens is 269 g/mol. The van der Waals surface area contributed by atoms with E-state index in [0.717, 1.165) is 16.9 Å². The maximum Gasteiger partial charge on any atom is 0.165 e. The Hall–Kier alpha value is -2.07. The second-order valence-electron chi connectivity index (χ2n) is 5.26. The predicted octanol–water partition coefficient (Wildman–Crippen LogP) is 3.26. The quantitative estimate of drug-likeness (QED) is 0.919. The molecule has 2 aromatic carbocycles. The molecule has 0 saturated heterocycles. The first-order valence-corrected chi connectivity index (χ1v) is 6.72. The van der Waals surface area contributed by atoms with Gasteiger partial charge in [-0.2, -0.15) is 0 Å². The lowest BCUT2D eigenvalue weighted by atomic mass is 9.86. The van der Waals surface area contributed by atoms with Crippen molar-refractivity contribution in [1.29, 1.82) is 0 Å². The molecule has 1 atom stereocenters. The maximum atomic E-state index is 13.8. The van der Waals surface area contributed by atoms with Crippen LogP contribution in [0.15, 0.2) is 42.5 Å². The van der Waals surface area contributed by atoms with Crippen molar-refractivity contribution in [2.75, 3.05) is 14.2 Å². The zero-order chi connectivity index (χ0) is 15.5. The summed E-state index contributed by atoms with van der Waals surface area (Å²) in [7, 11) is 3.06. The highest BCUT2D eigenvalue weighted by molar-refractivity contribution is 5.40. The van der Waals surface area contributed by atoms with Crippen LogP contribution >= 0.6 is 0 Å². The van der Waals surface area contributed by atoms with Gasteiger partial charge in [-0.25, -0.2) is 4.39 Å². The first-order valence-electron chi connectivity index (χ1n) is 6.72. The summed E-state index contributed by atoms with van der Waals surface area (Å²) >= 11 is 0. The number of rotatable bonds is 5. The summed E-state index contributed by atoms with van der Waals surface area (Å²) < 4.78 is 24.1. The van der Waals surface area contributed by atoms with E-state index in [1.165, 1.54) is 13.2 Å². The van der Waals surface area contributed by atoms with E-state index in [4.69, 9.17) is 15.2 Å². The summed E-state index contributed by atoms with van der Waals surface area (Å²) in [5.41, 5.74) is 7.48. The van der Waals surface area contributed by atoms with Crippen LogP contribution in [0.1, 0.15) is 18.1 Å². The summed E-state index contributed by atoms with van der Waals surface area (Å²) in [5, 5.41) is 0. The van der Waals surface area contributed by atoms with E-state index in [2.05, 4.69) is 0 Å². The molecule has 0 radical (unpaired) electrons. The number of methoxy groups -OCH3 is 2. The van der Waals surface area contributed by atoms with Crippen LogP contribution in [0, 0.1) is 5.82 Å². The lowest BCUT2D eigenvalue weighted by molar-refractivity contribution is 0.381. The first-order chi connectivity index (χ1) is 9.97. The summed E-state index contributed by atoms with van der Waals surface area (Å²) in [6, 6.07) is 12.5. The van der Waals surface area contributed by atoms with Crippen molar-refractivity contribution < 1.29 is 13.9 Å². The topological polar surface area (TPSA) is 44.5 Å². The second-order valence-corrected chi connectivity index (χ2v) is 5.26. The minimum absolute atomic E-state index is 0.231. The van der Waals surface area contributed by atoms with E-state index in [0.29, 0.717) is 6.42 Å². The van der Waals surface area contributed by atoms with Gasteiger partial charge in [0.1, 0.15) is 5.75 Å². The van der Waals surface area contributed by atoms with Gasteiger partial charge in [-0.05, 0) is 37.1 Å². The first kappa shape index (κ1) is 15.3. The van der Waals surface area contributed by atoms with Crippen LogP contribution in [0.4, 0.5) is 4.39 Å². The maximum absolute atomic E-state index is 13.8. The molecule has 4 heteroatoms. The fourth-order valence-electron chi connectivity index (χ4n) is 2.46. The van der Waals surface area contributed by atoms with Crippen LogP contribution < -0.4 is 15.2 Å². The zero-order valence-electron chi connectivity index (χ0n) is 12.5. The van der Waals surface area contributed by atoms with E-state index in [-0.39, 0.29) is 11.6 Å². The summed E-state index contributed by atoms with van der Waals surface area (Å²) in [6.45, 7) is 1.91. The smallest absolute Gasteiger partial charge is 0.165 e. The molecule has 0 aliphatic heterocycles. The highest BCUT2D eigenvalue weighted by atomic mass is 19.1. The van der Waals surface area contributed by atoms with Crippen LogP contribution in [0.2, 0.25) is 0 Å². The summed E-state index contributed by atoms with van der Waals surface area (Å²) in [6.07, 6.45) is 0.494. The average Bonchev–Trinajstić information content (AvgIpc) is 2.47. The van der Waals surface area contributed by atoms with E-state index < -0.39 is 5.54 Å². The lowest BCUT2D eigenvalue weighted by Gasteiger charge is -2.27. The number of ether oxygens (including phenoxy) is 2. The summed E-state index contributed by atoms with van der Waals surface area (Å²) in [5.74, 6) is 0.581. The fraction of sp³-hybridized carbons (Fsp3) is 0.294. The van der Waals surface area contributed by atoms with Gasteiger partial charge in [0.15, 0.2) is 11.6 Å². The van der Waals surface area contributed by atoms with Crippen molar-refractivity contribution in [1.82, 2.24) is 0 Å². The van der Waals surface area contributed by atoms with Crippen molar-refractivity contribution in [2.45, 2.75) is 18.9 Å². The Labute approximate surface area is 124 Å². The Morgan fingerprint density at radius 2 is 1.71 bits per heavy atom. The second kappa shape index (κ2) is 6.14. The van der Waals surface area contributed by atoms with Crippen molar-refractivity contribution in [3.8, 4) is 11.5 Å². The van der Waals surface area contributed by atoms with E-state index in [1.54, 1.807) is 13.2 Å². The fourth-order valence-corrected chi connectivity index (χ4v) is 2.46. The Balaban J connectivity index is 2.30. The molecule has 0 saturated carbocycles. The molecule has 0 aliphatic rings. The van der Waals surface area contributed by atoms with Gasteiger partial charge in [0.25, 0.3) is 0 Å². The van der Waals surface area contributed by atoms with E-state index in [1.807, 2.05) is 37.3 Å². The highest BCUT2D eigenvalue weighted by Gasteiger charge is 2.25. The SMILES string of the molecule is COc1ccc(CC(C)(N)c2ccccc2OC)cc1F. The molecule has 3 nitrogen and oxygen atoms in total. The van der Waals surface area contributed by atoms with Gasteiger partial charge in [-0.1, -0.05) is 24.3 Å². The Morgan fingerprint density at radius 1 is 1.05 bits per heavy atom. The van der Waals surface area contributed by atoms with Gasteiger partial charge in [0.2, 0.25) is 0 Å². The number of benzene rings is 2. The molecule has 0 aromatic heterocycles. The molecule has 0 fully saturated rings. The van der Waals surface area contributed by atoms with Crippen molar-refractivity contribution in [3.63, 3.8) is 0 Å². The van der Waals surface area contributed by atoms with Gasteiger partial charge >= 0.3 is 0 Å². The van der Waals surface area contributed by atoms with Crippen LogP contribution in [-0.4, -0.2) is 14.2 Å². The van der Waals surface area contributed by atoms with Gasteiger partial charge < -0.3 is 15.2 Å². The number of hydrogen-bond acceptors (Lipinski definition) is 3. The number of hydrogen-bond donors (Lipinski definition) is 1. The van der Waals surface area contributed by atoms with Crippen molar-refractivity contribution in [2.24, 2.45) is 5.73 Å². The molecule has 1 unspecified atom stereocenters. The Morgan fingerprint density at radius 3 is 2.33 bits per heavy atom. The minimum Gasteiger partial charge on any atom is -0.496 e. The molecule has 0 aliphatic carbocycles. The number of para-hydroxylation sites is 1. The van der Waals surface area contributed by atoms with Crippen molar-refractivity contribution >= 4 is 0 Å². The van der Waals surface area contributed by atoms with E-state index in [9.17, 15) is 4.39 Å².